The molecule has 0 saturated carbocycles. The Morgan fingerprint density at radius 3 is 2.32 bits per heavy atom. The maximum atomic E-state index is 12.6. The lowest BCUT2D eigenvalue weighted by Crippen LogP contribution is -2.51. The van der Waals surface area contributed by atoms with Crippen LogP contribution in [-0.4, -0.2) is 72.3 Å². The number of nitrogens with zero attached hydrogens (tertiary/aromatic N) is 3. The van der Waals surface area contributed by atoms with E-state index in [9.17, 15) is 14.4 Å². The fraction of sp³-hybridized carbons (Fsp3) is 0.348. The van der Waals surface area contributed by atoms with Crippen molar-refractivity contribution in [1.82, 2.24) is 20.0 Å². The summed E-state index contributed by atoms with van der Waals surface area (Å²) in [6, 6.07) is 16.4. The van der Waals surface area contributed by atoms with Crippen LogP contribution in [0.4, 0.5) is 4.79 Å². The molecule has 0 aromatic heterocycles. The van der Waals surface area contributed by atoms with Crippen LogP contribution in [-0.2, 0) is 11.3 Å². The molecule has 7 nitrogen and oxygen atoms in total. The van der Waals surface area contributed by atoms with E-state index in [0.29, 0.717) is 43.3 Å². The van der Waals surface area contributed by atoms with E-state index in [1.807, 2.05) is 30.3 Å². The molecule has 31 heavy (non-hydrogen) atoms. The lowest BCUT2D eigenvalue weighted by Gasteiger charge is -2.35. The molecule has 0 unspecified atom stereocenters. The molecule has 8 heteroatoms. The Morgan fingerprint density at radius 1 is 0.968 bits per heavy atom. The molecule has 1 aliphatic rings. The van der Waals surface area contributed by atoms with Gasteiger partial charge in [-0.3, -0.25) is 9.59 Å². The van der Waals surface area contributed by atoms with Crippen molar-refractivity contribution in [2.75, 3.05) is 39.8 Å². The normalized spacial score (nSPS) is 13.6. The SMILES string of the molecule is CN(Cc1ccccc1)C(=O)NCCC(=O)N1CCN(C(=O)c2cccc(Cl)c2)CC1. The van der Waals surface area contributed by atoms with Crippen LogP contribution in [0.1, 0.15) is 22.3 Å². The van der Waals surface area contributed by atoms with E-state index in [1.54, 1.807) is 46.0 Å². The van der Waals surface area contributed by atoms with E-state index in [0.717, 1.165) is 5.56 Å². The molecular weight excluding hydrogens is 416 g/mol. The summed E-state index contributed by atoms with van der Waals surface area (Å²) in [6.07, 6.45) is 0.229. The minimum absolute atomic E-state index is 0.0270. The Bertz CT molecular complexity index is 914. The number of amides is 4. The Kier molecular flexibility index (Phi) is 7.89. The lowest BCUT2D eigenvalue weighted by molar-refractivity contribution is -0.132. The van der Waals surface area contributed by atoms with Gasteiger partial charge >= 0.3 is 6.03 Å². The number of carbonyl (C=O) groups excluding carboxylic acids is 3. The fourth-order valence-corrected chi connectivity index (χ4v) is 3.65. The maximum Gasteiger partial charge on any atom is 0.317 e. The van der Waals surface area contributed by atoms with Crippen LogP contribution in [0.25, 0.3) is 0 Å². The highest BCUT2D eigenvalue weighted by atomic mass is 35.5. The van der Waals surface area contributed by atoms with Crippen LogP contribution >= 0.6 is 11.6 Å². The average molecular weight is 443 g/mol. The third-order valence-corrected chi connectivity index (χ3v) is 5.45. The second kappa shape index (κ2) is 10.8. The molecular formula is C23H27ClN4O3. The highest BCUT2D eigenvalue weighted by molar-refractivity contribution is 6.30. The van der Waals surface area contributed by atoms with Crippen molar-refractivity contribution in [3.63, 3.8) is 0 Å². The van der Waals surface area contributed by atoms with Gasteiger partial charge in [-0.25, -0.2) is 4.79 Å². The van der Waals surface area contributed by atoms with Gasteiger partial charge < -0.3 is 20.0 Å². The predicted octanol–water partition coefficient (Wildman–Crippen LogP) is 2.86. The third kappa shape index (κ3) is 6.46. The van der Waals surface area contributed by atoms with E-state index in [1.165, 1.54) is 0 Å². The van der Waals surface area contributed by atoms with Gasteiger partial charge in [0.1, 0.15) is 0 Å². The molecule has 1 aliphatic heterocycles. The summed E-state index contributed by atoms with van der Waals surface area (Å²) in [5.41, 5.74) is 1.59. The van der Waals surface area contributed by atoms with Gasteiger partial charge in [-0.05, 0) is 23.8 Å². The monoisotopic (exact) mass is 442 g/mol. The summed E-state index contributed by atoms with van der Waals surface area (Å²) in [6.45, 7) is 2.69. The molecule has 1 heterocycles. The lowest BCUT2D eigenvalue weighted by atomic mass is 10.2. The second-order valence-corrected chi connectivity index (χ2v) is 7.94. The molecule has 0 aliphatic carbocycles. The van der Waals surface area contributed by atoms with Crippen molar-refractivity contribution in [2.24, 2.45) is 0 Å². The van der Waals surface area contributed by atoms with Crippen LogP contribution in [0.5, 0.6) is 0 Å². The van der Waals surface area contributed by atoms with Gasteiger partial charge in [0, 0.05) is 63.3 Å². The molecule has 0 radical (unpaired) electrons. The molecule has 1 N–H and O–H groups in total. The van der Waals surface area contributed by atoms with Gasteiger partial charge in [-0.15, -0.1) is 0 Å². The van der Waals surface area contributed by atoms with Crippen LogP contribution in [0.15, 0.2) is 54.6 Å². The van der Waals surface area contributed by atoms with Crippen molar-refractivity contribution in [1.29, 1.82) is 0 Å². The first kappa shape index (κ1) is 22.6. The van der Waals surface area contributed by atoms with E-state index < -0.39 is 0 Å². The molecule has 4 amide bonds. The maximum absolute atomic E-state index is 12.6. The molecule has 0 spiro atoms. The molecule has 1 saturated heterocycles. The number of rotatable bonds is 6. The van der Waals surface area contributed by atoms with E-state index in [2.05, 4.69) is 5.32 Å². The minimum Gasteiger partial charge on any atom is -0.339 e. The molecule has 2 aromatic rings. The first-order valence-electron chi connectivity index (χ1n) is 10.3. The number of carbonyl (C=O) groups is 3. The fourth-order valence-electron chi connectivity index (χ4n) is 3.46. The average Bonchev–Trinajstić information content (AvgIpc) is 2.79. The van der Waals surface area contributed by atoms with Crippen LogP contribution in [0.3, 0.4) is 0 Å². The Morgan fingerprint density at radius 2 is 1.65 bits per heavy atom. The van der Waals surface area contributed by atoms with Crippen molar-refractivity contribution >= 4 is 29.4 Å². The quantitative estimate of drug-likeness (QED) is 0.747. The summed E-state index contributed by atoms with van der Waals surface area (Å²) in [7, 11) is 1.72. The highest BCUT2D eigenvalue weighted by Gasteiger charge is 2.24. The van der Waals surface area contributed by atoms with E-state index in [4.69, 9.17) is 11.6 Å². The minimum atomic E-state index is -0.214. The standard InChI is InChI=1S/C23H27ClN4O3/c1-26(17-18-6-3-2-4-7-18)23(31)25-11-10-21(29)27-12-14-28(15-13-27)22(30)19-8-5-9-20(24)16-19/h2-9,16H,10-15,17H2,1H3,(H,25,31). The van der Waals surface area contributed by atoms with E-state index in [-0.39, 0.29) is 30.8 Å². The zero-order valence-electron chi connectivity index (χ0n) is 17.6. The largest absolute Gasteiger partial charge is 0.339 e. The summed E-state index contributed by atoms with van der Waals surface area (Å²) in [4.78, 5) is 42.3. The van der Waals surface area contributed by atoms with Gasteiger partial charge in [-0.1, -0.05) is 48.0 Å². The van der Waals surface area contributed by atoms with Gasteiger partial charge in [0.05, 0.1) is 0 Å². The van der Waals surface area contributed by atoms with Crippen molar-refractivity contribution in [3.8, 4) is 0 Å². The Labute approximate surface area is 187 Å². The number of nitrogens with one attached hydrogen (secondary N) is 1. The molecule has 0 bridgehead atoms. The number of piperazine rings is 1. The van der Waals surface area contributed by atoms with Gasteiger partial charge in [-0.2, -0.15) is 0 Å². The third-order valence-electron chi connectivity index (χ3n) is 5.22. The van der Waals surface area contributed by atoms with Crippen LogP contribution in [0, 0.1) is 0 Å². The van der Waals surface area contributed by atoms with Crippen molar-refractivity contribution in [3.05, 3.63) is 70.7 Å². The zero-order valence-corrected chi connectivity index (χ0v) is 18.3. The first-order valence-corrected chi connectivity index (χ1v) is 10.7. The van der Waals surface area contributed by atoms with Crippen molar-refractivity contribution in [2.45, 2.75) is 13.0 Å². The zero-order chi connectivity index (χ0) is 22.2. The molecule has 1 fully saturated rings. The van der Waals surface area contributed by atoms with Crippen LogP contribution in [0.2, 0.25) is 5.02 Å². The Balaban J connectivity index is 1.38. The topological polar surface area (TPSA) is 73.0 Å². The molecule has 164 valence electrons. The van der Waals surface area contributed by atoms with Crippen LogP contribution < -0.4 is 5.32 Å². The summed E-state index contributed by atoms with van der Waals surface area (Å²) < 4.78 is 0. The molecule has 0 atom stereocenters. The Hall–Kier alpha value is -3.06. The summed E-state index contributed by atoms with van der Waals surface area (Å²) in [5, 5.41) is 3.31. The summed E-state index contributed by atoms with van der Waals surface area (Å²) in [5.74, 6) is -0.107. The van der Waals surface area contributed by atoms with Gasteiger partial charge in [0.2, 0.25) is 5.91 Å². The number of hydrogen-bond acceptors (Lipinski definition) is 3. The predicted molar refractivity (Wildman–Crippen MR) is 120 cm³/mol. The molecule has 2 aromatic carbocycles. The molecule has 3 rings (SSSR count). The number of benzene rings is 2. The van der Waals surface area contributed by atoms with Gasteiger partial charge in [0.25, 0.3) is 5.91 Å². The number of halogens is 1. The van der Waals surface area contributed by atoms with Crippen molar-refractivity contribution < 1.29 is 14.4 Å². The van der Waals surface area contributed by atoms with Gasteiger partial charge in [0.15, 0.2) is 0 Å². The number of urea groups is 1. The first-order chi connectivity index (χ1) is 14.9. The number of hydrogen-bond donors (Lipinski definition) is 1. The second-order valence-electron chi connectivity index (χ2n) is 7.51. The highest BCUT2D eigenvalue weighted by Crippen LogP contribution is 2.14. The summed E-state index contributed by atoms with van der Waals surface area (Å²) >= 11 is 5.97. The smallest absolute Gasteiger partial charge is 0.317 e. The van der Waals surface area contributed by atoms with E-state index >= 15 is 0 Å².